The Balaban J connectivity index is 1.63. The van der Waals surface area contributed by atoms with E-state index >= 15 is 0 Å². The maximum absolute atomic E-state index is 13.9. The maximum Gasteiger partial charge on any atom is 0.293 e. The predicted octanol–water partition coefficient (Wildman–Crippen LogP) is -0.675. The zero-order valence-electron chi connectivity index (χ0n) is 17.4. The van der Waals surface area contributed by atoms with Gasteiger partial charge in [-0.3, -0.25) is 0 Å². The molecule has 1 unspecified atom stereocenters. The number of nitrogens with one attached hydrogen (secondary N) is 4. The SMILES string of the molecule is Nc1nc2c(-c3ccc4c(c3-c3nn[nH]n3)S(=O)(=O)N=S4(=O)N[C@H]3CNC[C@H]3N)cccc2[nH]1. The van der Waals surface area contributed by atoms with Crippen molar-refractivity contribution in [1.82, 2.24) is 40.6 Å². The number of hydrogen-bond acceptors (Lipinski definition) is 10. The quantitative estimate of drug-likeness (QED) is 0.207. The van der Waals surface area contributed by atoms with Gasteiger partial charge in [-0.15, -0.1) is 10.2 Å². The highest BCUT2D eigenvalue weighted by molar-refractivity contribution is 8.05. The van der Waals surface area contributed by atoms with E-state index in [1.807, 2.05) is 0 Å². The molecule has 4 aromatic rings. The van der Waals surface area contributed by atoms with Crippen LogP contribution in [0.1, 0.15) is 0 Å². The van der Waals surface area contributed by atoms with Crippen molar-refractivity contribution in [3.63, 3.8) is 0 Å². The molecule has 1 fully saturated rings. The minimum absolute atomic E-state index is 0.00835. The standard InChI is InChI=1S/C18H19N11O3S2/c19-10-6-21-7-12(10)26-33(30)13-5-4-8(9-2-1-3-11-15(9)23-18(20)22-11)14(17-24-27-28-25-17)16(13)34(31,32)29-33/h1-5,10,12,21H,6-7,19H2,(H3,20,22,23)(H,26,29,30)(H,24,25,27,28)/t10-,12+,33?/m1/s1. The molecule has 2 aromatic heterocycles. The van der Waals surface area contributed by atoms with Gasteiger partial charge in [0.1, 0.15) is 4.90 Å². The van der Waals surface area contributed by atoms with E-state index in [4.69, 9.17) is 11.5 Å². The van der Waals surface area contributed by atoms with Crippen LogP contribution in [-0.2, 0) is 19.9 Å². The van der Waals surface area contributed by atoms with Gasteiger partial charge in [0.05, 0.1) is 21.5 Å². The van der Waals surface area contributed by atoms with E-state index in [1.165, 1.54) is 6.07 Å². The van der Waals surface area contributed by atoms with E-state index in [-0.39, 0.29) is 33.2 Å². The van der Waals surface area contributed by atoms with Crippen molar-refractivity contribution in [3.8, 4) is 22.5 Å². The average molecular weight is 502 g/mol. The molecular weight excluding hydrogens is 482 g/mol. The first-order valence-corrected chi connectivity index (χ1v) is 13.1. The molecular formula is C18H19N11O3S2. The maximum atomic E-state index is 13.9. The Morgan fingerprint density at radius 2 is 1.94 bits per heavy atom. The molecule has 176 valence electrons. The van der Waals surface area contributed by atoms with Crippen LogP contribution in [0.2, 0.25) is 0 Å². The fraction of sp³-hybridized carbons (Fsp3) is 0.222. The zero-order chi connectivity index (χ0) is 23.7. The number of nitrogens with zero attached hydrogens (tertiary/aromatic N) is 5. The number of aromatic amines is 2. The van der Waals surface area contributed by atoms with E-state index in [1.54, 1.807) is 24.3 Å². The summed E-state index contributed by atoms with van der Waals surface area (Å²) in [5, 5.41) is 17.0. The van der Waals surface area contributed by atoms with Gasteiger partial charge in [-0.1, -0.05) is 22.0 Å². The minimum Gasteiger partial charge on any atom is -0.369 e. The lowest BCUT2D eigenvalue weighted by atomic mass is 9.98. The van der Waals surface area contributed by atoms with Gasteiger partial charge in [-0.25, -0.2) is 13.9 Å². The first kappa shape index (κ1) is 21.1. The lowest BCUT2D eigenvalue weighted by Crippen LogP contribution is -2.46. The number of aromatic nitrogens is 6. The van der Waals surface area contributed by atoms with Gasteiger partial charge in [-0.05, 0) is 22.9 Å². The van der Waals surface area contributed by atoms with Gasteiger partial charge >= 0.3 is 0 Å². The molecule has 2 aromatic carbocycles. The fourth-order valence-electron chi connectivity index (χ4n) is 4.35. The molecule has 2 aliphatic rings. The van der Waals surface area contributed by atoms with Gasteiger partial charge in [0, 0.05) is 30.7 Å². The van der Waals surface area contributed by atoms with Crippen LogP contribution in [0, 0.1) is 0 Å². The number of sulfonamides is 1. The predicted molar refractivity (Wildman–Crippen MR) is 123 cm³/mol. The molecule has 14 nitrogen and oxygen atoms in total. The van der Waals surface area contributed by atoms with Gasteiger partial charge in [0.2, 0.25) is 5.82 Å². The monoisotopic (exact) mass is 501 g/mol. The third-order valence-electron chi connectivity index (χ3n) is 5.84. The van der Waals surface area contributed by atoms with Crippen LogP contribution >= 0.6 is 0 Å². The lowest BCUT2D eigenvalue weighted by molar-refractivity contribution is 0.581. The van der Waals surface area contributed by atoms with E-state index in [0.717, 1.165) is 0 Å². The molecule has 34 heavy (non-hydrogen) atoms. The van der Waals surface area contributed by atoms with E-state index in [0.29, 0.717) is 35.2 Å². The van der Waals surface area contributed by atoms with Crippen molar-refractivity contribution in [2.75, 3.05) is 18.8 Å². The van der Waals surface area contributed by atoms with Crippen LogP contribution in [0.4, 0.5) is 5.95 Å². The van der Waals surface area contributed by atoms with Crippen LogP contribution in [0.15, 0.2) is 43.9 Å². The third-order valence-corrected chi connectivity index (χ3v) is 10.1. The summed E-state index contributed by atoms with van der Waals surface area (Å²) < 4.78 is 47.2. The van der Waals surface area contributed by atoms with Crippen LogP contribution in [0.3, 0.4) is 0 Å². The summed E-state index contributed by atoms with van der Waals surface area (Å²) in [6.45, 7) is 0.943. The second-order valence-corrected chi connectivity index (χ2v) is 11.7. The number of H-pyrrole nitrogens is 2. The highest BCUT2D eigenvalue weighted by Gasteiger charge is 2.41. The normalized spacial score (nSPS) is 25.4. The Kier molecular flexibility index (Phi) is 4.52. The zero-order valence-corrected chi connectivity index (χ0v) is 19.0. The summed E-state index contributed by atoms with van der Waals surface area (Å²) in [6, 6.07) is 7.71. The van der Waals surface area contributed by atoms with E-state index in [9.17, 15) is 12.6 Å². The smallest absolute Gasteiger partial charge is 0.293 e. The molecule has 1 saturated heterocycles. The second-order valence-electron chi connectivity index (χ2n) is 8.00. The molecule has 0 radical (unpaired) electrons. The Labute approximate surface area is 193 Å². The molecule has 16 heteroatoms. The molecule has 4 heterocycles. The summed E-state index contributed by atoms with van der Waals surface area (Å²) in [4.78, 5) is 7.07. The van der Waals surface area contributed by atoms with Crippen LogP contribution in [0.5, 0.6) is 0 Å². The molecule has 3 atom stereocenters. The molecule has 8 N–H and O–H groups in total. The highest BCUT2D eigenvalue weighted by Crippen LogP contribution is 2.45. The first-order valence-electron chi connectivity index (χ1n) is 10.2. The Morgan fingerprint density at radius 3 is 2.68 bits per heavy atom. The largest absolute Gasteiger partial charge is 0.369 e. The Morgan fingerprint density at radius 1 is 1.09 bits per heavy atom. The number of anilines is 1. The number of fused-ring (bicyclic) bond motifs is 2. The summed E-state index contributed by atoms with van der Waals surface area (Å²) in [6.07, 6.45) is 0. The fourth-order valence-corrected chi connectivity index (χ4v) is 9.09. The van der Waals surface area contributed by atoms with Crippen LogP contribution in [-0.4, -0.2) is 68.4 Å². The summed E-state index contributed by atoms with van der Waals surface area (Å²) in [5.41, 5.74) is 14.2. The van der Waals surface area contributed by atoms with Crippen molar-refractivity contribution in [3.05, 3.63) is 30.3 Å². The van der Waals surface area contributed by atoms with E-state index < -0.39 is 26.0 Å². The van der Waals surface area contributed by atoms with Gasteiger partial charge < -0.3 is 21.8 Å². The van der Waals surface area contributed by atoms with Crippen molar-refractivity contribution in [2.45, 2.75) is 21.9 Å². The number of imidazole rings is 1. The van der Waals surface area contributed by atoms with Crippen LogP contribution < -0.4 is 21.5 Å². The van der Waals surface area contributed by atoms with Crippen molar-refractivity contribution < 1.29 is 12.6 Å². The first-order chi connectivity index (χ1) is 16.3. The Bertz CT molecular complexity index is 1670. The second kappa shape index (κ2) is 7.28. The summed E-state index contributed by atoms with van der Waals surface area (Å²) >= 11 is 0. The minimum atomic E-state index is -4.36. The molecule has 0 bridgehead atoms. The number of nitrogens with two attached hydrogens (primary N) is 2. The van der Waals surface area contributed by atoms with Crippen molar-refractivity contribution in [2.24, 2.45) is 9.50 Å². The average Bonchev–Trinajstić information content (AvgIpc) is 3.55. The van der Waals surface area contributed by atoms with Crippen LogP contribution in [0.25, 0.3) is 33.5 Å². The molecule has 0 amide bonds. The molecule has 0 saturated carbocycles. The number of tetrazole rings is 1. The molecule has 0 aliphatic carbocycles. The number of nitrogen functional groups attached to an aromatic ring is 1. The topological polar surface area (TPSA) is 223 Å². The Hall–Kier alpha value is -3.44. The molecule has 0 spiro atoms. The van der Waals surface area contributed by atoms with Gasteiger partial charge in [-0.2, -0.15) is 13.6 Å². The van der Waals surface area contributed by atoms with Gasteiger partial charge in [0.15, 0.2) is 15.9 Å². The number of hydrogen-bond donors (Lipinski definition) is 6. The number of rotatable bonds is 4. The van der Waals surface area contributed by atoms with Gasteiger partial charge in [0.25, 0.3) is 10.0 Å². The number of para-hydroxylation sites is 1. The van der Waals surface area contributed by atoms with Crippen molar-refractivity contribution in [1.29, 1.82) is 0 Å². The molecule has 2 aliphatic heterocycles. The summed E-state index contributed by atoms with van der Waals surface area (Å²) in [7, 11) is -7.91. The lowest BCUT2D eigenvalue weighted by Gasteiger charge is -2.18. The summed E-state index contributed by atoms with van der Waals surface area (Å²) in [5.74, 6) is 0.218. The highest BCUT2D eigenvalue weighted by atomic mass is 32.3. The van der Waals surface area contributed by atoms with Crippen molar-refractivity contribution >= 4 is 36.9 Å². The van der Waals surface area contributed by atoms with E-state index in [2.05, 4.69) is 44.4 Å². The number of benzene rings is 2. The molecule has 6 rings (SSSR count). The third kappa shape index (κ3) is 3.11.